The van der Waals surface area contributed by atoms with Crippen molar-refractivity contribution >= 4 is 45.2 Å². The average Bonchev–Trinajstić information content (AvgIpc) is 3.04. The zero-order chi connectivity index (χ0) is 23.5. The summed E-state index contributed by atoms with van der Waals surface area (Å²) in [6.45, 7) is -0.320. The van der Waals surface area contributed by atoms with E-state index in [2.05, 4.69) is 21.2 Å². The summed E-state index contributed by atoms with van der Waals surface area (Å²) in [6, 6.07) is 15.3. The standard InChI is InChI=1S/C25H17BrFNO5/c1-32-21-12-14(10-19-23(30)17-4-2-3-5-18(17)24(19)31)11-20(26)25(21)33-13-22(29)28-16-8-6-15(27)7-9-16/h2-12H,13H2,1H3,(H,28,29). The molecule has 0 spiro atoms. The number of carbonyl (C=O) groups excluding carboxylic acids is 3. The van der Waals surface area contributed by atoms with Crippen LogP contribution in [-0.4, -0.2) is 31.2 Å². The van der Waals surface area contributed by atoms with Crippen LogP contribution in [0.2, 0.25) is 0 Å². The smallest absolute Gasteiger partial charge is 0.262 e. The van der Waals surface area contributed by atoms with Gasteiger partial charge in [0.25, 0.3) is 5.91 Å². The number of methoxy groups -OCH3 is 1. The fourth-order valence-corrected chi connectivity index (χ4v) is 3.98. The second-order valence-corrected chi connectivity index (χ2v) is 7.99. The number of anilines is 1. The molecule has 0 saturated carbocycles. The van der Waals surface area contributed by atoms with Gasteiger partial charge in [0.1, 0.15) is 5.82 Å². The predicted octanol–water partition coefficient (Wildman–Crippen LogP) is 5.08. The highest BCUT2D eigenvalue weighted by atomic mass is 79.9. The molecule has 1 aliphatic carbocycles. The summed E-state index contributed by atoms with van der Waals surface area (Å²) in [7, 11) is 1.44. The maximum atomic E-state index is 13.0. The first-order valence-corrected chi connectivity index (χ1v) is 10.6. The van der Waals surface area contributed by atoms with E-state index in [0.717, 1.165) is 0 Å². The monoisotopic (exact) mass is 509 g/mol. The van der Waals surface area contributed by atoms with Gasteiger partial charge in [0.05, 0.1) is 17.2 Å². The van der Waals surface area contributed by atoms with Crippen molar-refractivity contribution in [1.82, 2.24) is 0 Å². The minimum absolute atomic E-state index is 0.0671. The third kappa shape index (κ3) is 4.70. The van der Waals surface area contributed by atoms with Crippen LogP contribution in [0.5, 0.6) is 11.5 Å². The molecule has 1 aliphatic rings. The van der Waals surface area contributed by atoms with Crippen LogP contribution in [0.15, 0.2) is 70.7 Å². The minimum atomic E-state index is -0.443. The van der Waals surface area contributed by atoms with E-state index < -0.39 is 11.7 Å². The number of allylic oxidation sites excluding steroid dienone is 1. The lowest BCUT2D eigenvalue weighted by molar-refractivity contribution is -0.118. The molecule has 1 N–H and O–H groups in total. The highest BCUT2D eigenvalue weighted by Crippen LogP contribution is 2.38. The molecule has 0 bridgehead atoms. The molecule has 0 radical (unpaired) electrons. The molecule has 33 heavy (non-hydrogen) atoms. The van der Waals surface area contributed by atoms with Crippen LogP contribution >= 0.6 is 15.9 Å². The van der Waals surface area contributed by atoms with Crippen LogP contribution in [0.4, 0.5) is 10.1 Å². The van der Waals surface area contributed by atoms with E-state index in [0.29, 0.717) is 32.6 Å². The molecule has 0 atom stereocenters. The van der Waals surface area contributed by atoms with Crippen molar-refractivity contribution in [3.8, 4) is 11.5 Å². The fourth-order valence-electron chi connectivity index (χ4n) is 3.40. The normalized spacial score (nSPS) is 12.4. The lowest BCUT2D eigenvalue weighted by atomic mass is 10.1. The molecule has 4 rings (SSSR count). The summed E-state index contributed by atoms with van der Waals surface area (Å²) in [5.41, 5.74) is 1.81. The van der Waals surface area contributed by atoms with E-state index in [1.807, 2.05) is 0 Å². The number of amides is 1. The lowest BCUT2D eigenvalue weighted by Gasteiger charge is -2.14. The molecule has 0 aromatic heterocycles. The Labute approximate surface area is 197 Å². The SMILES string of the molecule is COc1cc(C=C2C(=O)c3ccccc3C2=O)cc(Br)c1OCC(=O)Nc1ccc(F)cc1. The van der Waals surface area contributed by atoms with Crippen molar-refractivity contribution in [2.45, 2.75) is 0 Å². The summed E-state index contributed by atoms with van der Waals surface area (Å²) in [4.78, 5) is 37.5. The Hall–Kier alpha value is -3.78. The van der Waals surface area contributed by atoms with Gasteiger partial charge in [0, 0.05) is 16.8 Å². The Morgan fingerprint density at radius 1 is 1.03 bits per heavy atom. The summed E-state index contributed by atoms with van der Waals surface area (Å²) < 4.78 is 24.5. The third-order valence-corrected chi connectivity index (χ3v) is 5.53. The predicted molar refractivity (Wildman–Crippen MR) is 124 cm³/mol. The number of rotatable bonds is 6. The quantitative estimate of drug-likeness (QED) is 0.370. The topological polar surface area (TPSA) is 81.7 Å². The number of ketones is 2. The van der Waals surface area contributed by atoms with E-state index in [4.69, 9.17) is 9.47 Å². The molecule has 8 heteroatoms. The maximum absolute atomic E-state index is 13.0. The molecule has 0 fully saturated rings. The van der Waals surface area contributed by atoms with Gasteiger partial charge < -0.3 is 14.8 Å². The molecule has 6 nitrogen and oxygen atoms in total. The number of nitrogens with one attached hydrogen (secondary N) is 1. The fraction of sp³-hybridized carbons (Fsp3) is 0.0800. The molecule has 0 saturated heterocycles. The van der Waals surface area contributed by atoms with E-state index in [-0.39, 0.29) is 29.5 Å². The van der Waals surface area contributed by atoms with Crippen LogP contribution in [0, 0.1) is 5.82 Å². The second kappa shape index (κ2) is 9.38. The first-order valence-electron chi connectivity index (χ1n) is 9.83. The summed E-state index contributed by atoms with van der Waals surface area (Å²) in [6.07, 6.45) is 1.50. The van der Waals surface area contributed by atoms with Crippen molar-refractivity contribution in [2.75, 3.05) is 19.0 Å². The molecule has 3 aromatic carbocycles. The van der Waals surface area contributed by atoms with Crippen LogP contribution in [0.1, 0.15) is 26.3 Å². The Morgan fingerprint density at radius 2 is 1.67 bits per heavy atom. The van der Waals surface area contributed by atoms with Gasteiger partial charge >= 0.3 is 0 Å². The van der Waals surface area contributed by atoms with Gasteiger partial charge in [0.2, 0.25) is 0 Å². The highest BCUT2D eigenvalue weighted by Gasteiger charge is 2.32. The van der Waals surface area contributed by atoms with Crippen LogP contribution in [-0.2, 0) is 4.79 Å². The van der Waals surface area contributed by atoms with Crippen molar-refractivity contribution in [1.29, 1.82) is 0 Å². The first kappa shape index (κ1) is 22.4. The van der Waals surface area contributed by atoms with E-state index in [9.17, 15) is 18.8 Å². The molecule has 0 aliphatic heterocycles. The highest BCUT2D eigenvalue weighted by molar-refractivity contribution is 9.10. The number of hydrogen-bond donors (Lipinski definition) is 1. The number of carbonyl (C=O) groups is 3. The van der Waals surface area contributed by atoms with Crippen molar-refractivity contribution < 1.29 is 28.2 Å². The van der Waals surface area contributed by atoms with Crippen LogP contribution < -0.4 is 14.8 Å². The van der Waals surface area contributed by atoms with Gasteiger partial charge in [0.15, 0.2) is 29.7 Å². The largest absolute Gasteiger partial charge is 0.493 e. The molecule has 166 valence electrons. The number of ether oxygens (including phenoxy) is 2. The first-order chi connectivity index (χ1) is 15.9. The molecular formula is C25H17BrFNO5. The number of halogens is 2. The second-order valence-electron chi connectivity index (χ2n) is 7.14. The molecule has 1 amide bonds. The van der Waals surface area contributed by atoms with Crippen molar-refractivity contribution in [3.63, 3.8) is 0 Å². The molecule has 0 heterocycles. The summed E-state index contributed by atoms with van der Waals surface area (Å²) in [5, 5.41) is 2.60. The molecular weight excluding hydrogens is 493 g/mol. The van der Waals surface area contributed by atoms with Crippen molar-refractivity contribution in [3.05, 3.63) is 93.2 Å². The number of fused-ring (bicyclic) bond motifs is 1. The van der Waals surface area contributed by atoms with E-state index >= 15 is 0 Å². The van der Waals surface area contributed by atoms with Gasteiger partial charge in [-0.3, -0.25) is 14.4 Å². The van der Waals surface area contributed by atoms with Gasteiger partial charge in [-0.15, -0.1) is 0 Å². The Morgan fingerprint density at radius 3 is 2.27 bits per heavy atom. The Kier molecular flexibility index (Phi) is 6.37. The average molecular weight is 510 g/mol. The van der Waals surface area contributed by atoms with Gasteiger partial charge in [-0.2, -0.15) is 0 Å². The lowest BCUT2D eigenvalue weighted by Crippen LogP contribution is -2.20. The zero-order valence-electron chi connectivity index (χ0n) is 17.4. The number of hydrogen-bond acceptors (Lipinski definition) is 5. The number of Topliss-reactive ketones (excluding diaryl/α,β-unsaturated/α-hetero) is 2. The molecule has 0 unspecified atom stereocenters. The Balaban J connectivity index is 1.52. The maximum Gasteiger partial charge on any atom is 0.262 e. The van der Waals surface area contributed by atoms with E-state index in [1.54, 1.807) is 36.4 Å². The van der Waals surface area contributed by atoms with E-state index in [1.165, 1.54) is 37.5 Å². The summed E-state index contributed by atoms with van der Waals surface area (Å²) >= 11 is 3.39. The van der Waals surface area contributed by atoms with Crippen molar-refractivity contribution in [2.24, 2.45) is 0 Å². The number of benzene rings is 3. The third-order valence-electron chi connectivity index (χ3n) is 4.94. The van der Waals surface area contributed by atoms with Gasteiger partial charge in [-0.1, -0.05) is 24.3 Å². The molecule has 3 aromatic rings. The van der Waals surface area contributed by atoms with Gasteiger partial charge in [-0.05, 0) is 64.0 Å². The summed E-state index contributed by atoms with van der Waals surface area (Å²) in [5.74, 6) is -0.922. The van der Waals surface area contributed by atoms with Gasteiger partial charge in [-0.25, -0.2) is 4.39 Å². The Bertz CT molecular complexity index is 1260. The van der Waals surface area contributed by atoms with Crippen LogP contribution in [0.25, 0.3) is 6.08 Å². The van der Waals surface area contributed by atoms with Crippen LogP contribution in [0.3, 0.4) is 0 Å². The minimum Gasteiger partial charge on any atom is -0.493 e. The zero-order valence-corrected chi connectivity index (χ0v) is 18.9.